The first-order valence-corrected chi connectivity index (χ1v) is 10.0. The molecule has 2 aromatic heterocycles. The summed E-state index contributed by atoms with van der Waals surface area (Å²) in [5.74, 6) is -0.266. The van der Waals surface area contributed by atoms with Crippen LogP contribution in [0, 0.1) is 0 Å². The van der Waals surface area contributed by atoms with Crippen molar-refractivity contribution in [1.29, 1.82) is 0 Å². The largest absolute Gasteiger partial charge is 0.507 e. The SMILES string of the molecule is O=C(N/N=C\c1cc(Br)ccc1O)c1cc(-c2cccs2)nc2ccccc12. The van der Waals surface area contributed by atoms with E-state index in [-0.39, 0.29) is 11.7 Å². The van der Waals surface area contributed by atoms with Crippen molar-refractivity contribution in [2.24, 2.45) is 5.10 Å². The highest BCUT2D eigenvalue weighted by molar-refractivity contribution is 9.10. The maximum Gasteiger partial charge on any atom is 0.272 e. The van der Waals surface area contributed by atoms with Crippen molar-refractivity contribution in [2.75, 3.05) is 0 Å². The minimum absolute atomic E-state index is 0.0792. The Hall–Kier alpha value is -3.03. The number of rotatable bonds is 4. The number of phenols is 1. The first-order chi connectivity index (χ1) is 13.6. The second-order valence-corrected chi connectivity index (χ2v) is 7.82. The van der Waals surface area contributed by atoms with E-state index < -0.39 is 0 Å². The van der Waals surface area contributed by atoms with Crippen LogP contribution in [0.3, 0.4) is 0 Å². The van der Waals surface area contributed by atoms with Gasteiger partial charge in [-0.25, -0.2) is 10.4 Å². The van der Waals surface area contributed by atoms with Gasteiger partial charge in [-0.3, -0.25) is 4.79 Å². The van der Waals surface area contributed by atoms with Gasteiger partial charge < -0.3 is 5.11 Å². The quantitative estimate of drug-likeness (QED) is 0.330. The molecule has 7 heteroatoms. The summed E-state index contributed by atoms with van der Waals surface area (Å²) in [5.41, 5.74) is 5.01. The number of aromatic nitrogens is 1. The first-order valence-electron chi connectivity index (χ1n) is 8.37. The number of thiophene rings is 1. The van der Waals surface area contributed by atoms with E-state index in [0.717, 1.165) is 25.9 Å². The van der Waals surface area contributed by atoms with Crippen molar-refractivity contribution in [3.05, 3.63) is 81.6 Å². The number of hydrogen-bond acceptors (Lipinski definition) is 5. The number of nitrogens with zero attached hydrogens (tertiary/aromatic N) is 2. The van der Waals surface area contributed by atoms with Crippen LogP contribution in [-0.4, -0.2) is 22.2 Å². The van der Waals surface area contributed by atoms with E-state index in [9.17, 15) is 9.90 Å². The topological polar surface area (TPSA) is 74.6 Å². The number of phenolic OH excluding ortho intramolecular Hbond substituents is 1. The van der Waals surface area contributed by atoms with E-state index in [2.05, 4.69) is 31.4 Å². The van der Waals surface area contributed by atoms with E-state index in [1.807, 2.05) is 41.8 Å². The molecule has 0 fully saturated rings. The highest BCUT2D eigenvalue weighted by Gasteiger charge is 2.14. The molecular formula is C21H14BrN3O2S. The Kier molecular flexibility index (Phi) is 5.18. The number of nitrogens with one attached hydrogen (secondary N) is 1. The lowest BCUT2D eigenvalue weighted by Crippen LogP contribution is -2.18. The molecule has 0 aliphatic carbocycles. The lowest BCUT2D eigenvalue weighted by Gasteiger charge is -2.08. The number of hydrogen-bond donors (Lipinski definition) is 2. The van der Waals surface area contributed by atoms with E-state index >= 15 is 0 Å². The summed E-state index contributed by atoms with van der Waals surface area (Å²) in [6.07, 6.45) is 1.40. The van der Waals surface area contributed by atoms with Gasteiger partial charge in [-0.2, -0.15) is 5.10 Å². The summed E-state index contributed by atoms with van der Waals surface area (Å²) >= 11 is 4.91. The van der Waals surface area contributed by atoms with Crippen LogP contribution >= 0.6 is 27.3 Å². The number of pyridine rings is 1. The molecule has 2 N–H and O–H groups in total. The fraction of sp³-hybridized carbons (Fsp3) is 0. The molecular weight excluding hydrogens is 438 g/mol. The Morgan fingerprint density at radius 1 is 1.14 bits per heavy atom. The lowest BCUT2D eigenvalue weighted by molar-refractivity contribution is 0.0956. The van der Waals surface area contributed by atoms with Crippen LogP contribution in [0.2, 0.25) is 0 Å². The Bertz CT molecular complexity index is 1190. The zero-order valence-electron chi connectivity index (χ0n) is 14.5. The number of carbonyl (C=O) groups is 1. The minimum atomic E-state index is -0.345. The second kappa shape index (κ2) is 7.92. The summed E-state index contributed by atoms with van der Waals surface area (Å²) in [4.78, 5) is 18.5. The maximum absolute atomic E-state index is 12.8. The van der Waals surface area contributed by atoms with Crippen molar-refractivity contribution in [3.8, 4) is 16.3 Å². The third kappa shape index (κ3) is 3.81. The predicted octanol–water partition coefficient (Wildman–Crippen LogP) is 5.20. The van der Waals surface area contributed by atoms with Gasteiger partial charge in [-0.05, 0) is 41.8 Å². The Morgan fingerprint density at radius 3 is 2.82 bits per heavy atom. The Labute approximate surface area is 173 Å². The van der Waals surface area contributed by atoms with E-state index in [4.69, 9.17) is 0 Å². The van der Waals surface area contributed by atoms with Gasteiger partial charge in [0.1, 0.15) is 5.75 Å². The zero-order chi connectivity index (χ0) is 19.5. The molecule has 2 aromatic carbocycles. The Morgan fingerprint density at radius 2 is 2.00 bits per heavy atom. The van der Waals surface area contributed by atoms with Crippen molar-refractivity contribution >= 4 is 50.3 Å². The lowest BCUT2D eigenvalue weighted by atomic mass is 10.1. The molecule has 0 aliphatic rings. The van der Waals surface area contributed by atoms with E-state index in [0.29, 0.717) is 11.1 Å². The molecule has 0 saturated heterocycles. The highest BCUT2D eigenvalue weighted by Crippen LogP contribution is 2.28. The van der Waals surface area contributed by atoms with E-state index in [1.54, 1.807) is 35.6 Å². The zero-order valence-corrected chi connectivity index (χ0v) is 16.9. The number of benzene rings is 2. The van der Waals surface area contributed by atoms with Gasteiger partial charge in [0.15, 0.2) is 0 Å². The number of fused-ring (bicyclic) bond motifs is 1. The number of hydrazone groups is 1. The maximum atomic E-state index is 12.8. The summed E-state index contributed by atoms with van der Waals surface area (Å²) in [6.45, 7) is 0. The average molecular weight is 452 g/mol. The van der Waals surface area contributed by atoms with Gasteiger partial charge in [0.25, 0.3) is 5.91 Å². The number of amides is 1. The molecule has 0 spiro atoms. The average Bonchev–Trinajstić information content (AvgIpc) is 3.24. The molecule has 0 radical (unpaired) electrons. The highest BCUT2D eigenvalue weighted by atomic mass is 79.9. The molecule has 138 valence electrons. The molecule has 0 aliphatic heterocycles. The molecule has 0 saturated carbocycles. The van der Waals surface area contributed by atoms with Crippen LogP contribution in [0.1, 0.15) is 15.9 Å². The first kappa shape index (κ1) is 18.3. The summed E-state index contributed by atoms with van der Waals surface area (Å²) in [5, 5.41) is 16.6. The van der Waals surface area contributed by atoms with Gasteiger partial charge in [-0.1, -0.05) is 40.2 Å². The molecule has 28 heavy (non-hydrogen) atoms. The fourth-order valence-corrected chi connectivity index (χ4v) is 3.83. The van der Waals surface area contributed by atoms with Crippen molar-refractivity contribution < 1.29 is 9.90 Å². The normalized spacial score (nSPS) is 11.2. The van der Waals surface area contributed by atoms with Gasteiger partial charge in [-0.15, -0.1) is 11.3 Å². The summed E-state index contributed by atoms with van der Waals surface area (Å²) in [7, 11) is 0. The van der Waals surface area contributed by atoms with Crippen molar-refractivity contribution in [1.82, 2.24) is 10.4 Å². The van der Waals surface area contributed by atoms with E-state index in [1.165, 1.54) is 6.21 Å². The van der Waals surface area contributed by atoms with Crippen LogP contribution < -0.4 is 5.43 Å². The summed E-state index contributed by atoms with van der Waals surface area (Å²) in [6, 6.07) is 18.2. The van der Waals surface area contributed by atoms with Crippen molar-refractivity contribution in [3.63, 3.8) is 0 Å². The summed E-state index contributed by atoms with van der Waals surface area (Å²) < 4.78 is 0.804. The number of aromatic hydroxyl groups is 1. The number of para-hydroxylation sites is 1. The van der Waals surface area contributed by atoms with Gasteiger partial charge in [0.2, 0.25) is 0 Å². The molecule has 0 unspecified atom stereocenters. The Balaban J connectivity index is 1.67. The van der Waals surface area contributed by atoms with Crippen molar-refractivity contribution in [2.45, 2.75) is 0 Å². The smallest absolute Gasteiger partial charge is 0.272 e. The van der Waals surface area contributed by atoms with Gasteiger partial charge in [0, 0.05) is 15.4 Å². The standard InChI is InChI=1S/C21H14BrN3O2S/c22-14-7-8-19(26)13(10-14)12-23-25-21(27)16-11-18(20-6-3-9-28-20)24-17-5-2-1-4-15(16)17/h1-12,26H,(H,25,27)/b23-12-. The molecule has 0 bridgehead atoms. The van der Waals surface area contributed by atoms with Crippen LogP contribution in [0.4, 0.5) is 0 Å². The number of halogens is 1. The van der Waals surface area contributed by atoms with Crippen LogP contribution in [0.15, 0.2) is 75.6 Å². The van der Waals surface area contributed by atoms with Gasteiger partial charge in [0.05, 0.1) is 27.9 Å². The fourth-order valence-electron chi connectivity index (χ4n) is 2.76. The van der Waals surface area contributed by atoms with Gasteiger partial charge >= 0.3 is 0 Å². The molecule has 2 heterocycles. The number of carbonyl (C=O) groups excluding carboxylic acids is 1. The van der Waals surface area contributed by atoms with Crippen LogP contribution in [-0.2, 0) is 0 Å². The van der Waals surface area contributed by atoms with Crippen LogP contribution in [0.5, 0.6) is 5.75 Å². The second-order valence-electron chi connectivity index (χ2n) is 5.95. The molecule has 5 nitrogen and oxygen atoms in total. The molecule has 0 atom stereocenters. The third-order valence-electron chi connectivity index (χ3n) is 4.09. The monoisotopic (exact) mass is 451 g/mol. The predicted molar refractivity (Wildman–Crippen MR) is 116 cm³/mol. The third-order valence-corrected chi connectivity index (χ3v) is 5.48. The molecule has 4 aromatic rings. The molecule has 4 rings (SSSR count). The minimum Gasteiger partial charge on any atom is -0.507 e. The van der Waals surface area contributed by atoms with Crippen LogP contribution in [0.25, 0.3) is 21.5 Å². The molecule has 1 amide bonds.